The Morgan fingerprint density at radius 2 is 1.72 bits per heavy atom. The van der Waals surface area contributed by atoms with Gasteiger partial charge < -0.3 is 18.3 Å². The number of benzene rings is 2. The standard InChI is InChI=1S/C20H16O5/c1-11-10-24-18-9-17-13(6-14(11)18)7-15(20(21)25-17)12-4-5-16(22-2)19(8-12)23-3/h4-10H,1-3H3. The average Bonchev–Trinajstić information content (AvgIpc) is 2.99. The zero-order valence-corrected chi connectivity index (χ0v) is 14.1. The second-order valence-corrected chi connectivity index (χ2v) is 5.82. The number of hydrogen-bond donors (Lipinski definition) is 0. The normalized spacial score (nSPS) is 11.2. The monoisotopic (exact) mass is 336 g/mol. The molecular weight excluding hydrogens is 320 g/mol. The Morgan fingerprint density at radius 3 is 2.48 bits per heavy atom. The summed E-state index contributed by atoms with van der Waals surface area (Å²) in [6, 6.07) is 10.9. The van der Waals surface area contributed by atoms with E-state index in [1.807, 2.05) is 19.1 Å². The molecule has 0 amide bonds. The number of ether oxygens (including phenoxy) is 2. The largest absolute Gasteiger partial charge is 0.493 e. The predicted molar refractivity (Wildman–Crippen MR) is 95.5 cm³/mol. The summed E-state index contributed by atoms with van der Waals surface area (Å²) in [6.07, 6.45) is 1.69. The fraction of sp³-hybridized carbons (Fsp3) is 0.150. The summed E-state index contributed by atoms with van der Waals surface area (Å²) in [5.74, 6) is 1.16. The third-order valence-corrected chi connectivity index (χ3v) is 4.32. The summed E-state index contributed by atoms with van der Waals surface area (Å²) in [5.41, 5.74) is 2.99. The molecule has 0 saturated carbocycles. The molecule has 0 atom stereocenters. The summed E-state index contributed by atoms with van der Waals surface area (Å²) < 4.78 is 21.5. The van der Waals surface area contributed by atoms with Gasteiger partial charge in [0.25, 0.3) is 0 Å². The molecule has 0 aliphatic rings. The van der Waals surface area contributed by atoms with Crippen molar-refractivity contribution in [3.05, 3.63) is 58.6 Å². The molecule has 4 aromatic rings. The van der Waals surface area contributed by atoms with Gasteiger partial charge in [0.05, 0.1) is 26.0 Å². The van der Waals surface area contributed by atoms with Crippen LogP contribution in [0.25, 0.3) is 33.1 Å². The molecular formula is C20H16O5. The van der Waals surface area contributed by atoms with E-state index in [4.69, 9.17) is 18.3 Å². The van der Waals surface area contributed by atoms with E-state index in [0.29, 0.717) is 33.8 Å². The third kappa shape index (κ3) is 2.45. The molecule has 5 heteroatoms. The maximum atomic E-state index is 12.5. The van der Waals surface area contributed by atoms with Crippen molar-refractivity contribution in [3.63, 3.8) is 0 Å². The van der Waals surface area contributed by atoms with Crippen molar-refractivity contribution in [2.45, 2.75) is 6.92 Å². The number of aryl methyl sites for hydroxylation is 1. The van der Waals surface area contributed by atoms with Crippen LogP contribution in [0, 0.1) is 6.92 Å². The second kappa shape index (κ2) is 5.70. The molecule has 0 fully saturated rings. The molecule has 0 N–H and O–H groups in total. The molecule has 126 valence electrons. The van der Waals surface area contributed by atoms with E-state index in [0.717, 1.165) is 16.3 Å². The Morgan fingerprint density at radius 1 is 0.920 bits per heavy atom. The molecule has 0 spiro atoms. The average molecular weight is 336 g/mol. The zero-order valence-electron chi connectivity index (χ0n) is 14.1. The Kier molecular flexibility index (Phi) is 3.50. The van der Waals surface area contributed by atoms with Gasteiger partial charge in [-0.15, -0.1) is 0 Å². The van der Waals surface area contributed by atoms with Gasteiger partial charge in [-0.05, 0) is 42.3 Å². The van der Waals surface area contributed by atoms with Crippen LogP contribution in [0.3, 0.4) is 0 Å². The lowest BCUT2D eigenvalue weighted by Crippen LogP contribution is -2.03. The lowest BCUT2D eigenvalue weighted by molar-refractivity contribution is 0.355. The number of methoxy groups -OCH3 is 2. The molecule has 0 bridgehead atoms. The minimum Gasteiger partial charge on any atom is -0.493 e. The van der Waals surface area contributed by atoms with E-state index in [9.17, 15) is 4.79 Å². The molecule has 0 unspecified atom stereocenters. The molecule has 0 saturated heterocycles. The van der Waals surface area contributed by atoms with Crippen LogP contribution in [-0.2, 0) is 0 Å². The van der Waals surface area contributed by atoms with E-state index < -0.39 is 5.63 Å². The van der Waals surface area contributed by atoms with Crippen LogP contribution in [0.15, 0.2) is 56.3 Å². The molecule has 2 aromatic heterocycles. The first-order valence-corrected chi connectivity index (χ1v) is 7.79. The molecule has 0 aliphatic heterocycles. The van der Waals surface area contributed by atoms with Gasteiger partial charge in [0.1, 0.15) is 11.2 Å². The topological polar surface area (TPSA) is 61.8 Å². The van der Waals surface area contributed by atoms with Gasteiger partial charge in [0.15, 0.2) is 11.5 Å². The van der Waals surface area contributed by atoms with Gasteiger partial charge in [-0.25, -0.2) is 4.79 Å². The lowest BCUT2D eigenvalue weighted by atomic mass is 10.0. The van der Waals surface area contributed by atoms with Gasteiger partial charge in [0.2, 0.25) is 0 Å². The van der Waals surface area contributed by atoms with Crippen LogP contribution >= 0.6 is 0 Å². The van der Waals surface area contributed by atoms with E-state index in [1.165, 1.54) is 0 Å². The van der Waals surface area contributed by atoms with Crippen molar-refractivity contribution >= 4 is 21.9 Å². The Bertz CT molecular complexity index is 1150. The maximum Gasteiger partial charge on any atom is 0.344 e. The van der Waals surface area contributed by atoms with Gasteiger partial charge in [0, 0.05) is 16.8 Å². The van der Waals surface area contributed by atoms with Crippen molar-refractivity contribution < 1.29 is 18.3 Å². The van der Waals surface area contributed by atoms with Crippen molar-refractivity contribution in [3.8, 4) is 22.6 Å². The number of rotatable bonds is 3. The zero-order chi connectivity index (χ0) is 17.6. The number of hydrogen-bond acceptors (Lipinski definition) is 5. The SMILES string of the molecule is COc1ccc(-c2cc3cc4c(C)coc4cc3oc2=O)cc1OC. The summed E-state index contributed by atoms with van der Waals surface area (Å²) in [6.45, 7) is 1.98. The van der Waals surface area contributed by atoms with Crippen LogP contribution in [0.4, 0.5) is 0 Å². The Balaban J connectivity index is 1.95. The predicted octanol–water partition coefficient (Wildman–Crippen LogP) is 4.53. The minimum atomic E-state index is -0.414. The van der Waals surface area contributed by atoms with Crippen LogP contribution in [0.5, 0.6) is 11.5 Å². The fourth-order valence-electron chi connectivity index (χ4n) is 2.97. The van der Waals surface area contributed by atoms with Gasteiger partial charge in [-0.1, -0.05) is 6.07 Å². The fourth-order valence-corrected chi connectivity index (χ4v) is 2.97. The van der Waals surface area contributed by atoms with Gasteiger partial charge >= 0.3 is 5.63 Å². The maximum absolute atomic E-state index is 12.5. The van der Waals surface area contributed by atoms with Crippen LogP contribution in [-0.4, -0.2) is 14.2 Å². The van der Waals surface area contributed by atoms with Crippen molar-refractivity contribution in [1.29, 1.82) is 0 Å². The highest BCUT2D eigenvalue weighted by Gasteiger charge is 2.13. The quantitative estimate of drug-likeness (QED) is 0.514. The molecule has 2 aromatic carbocycles. The molecule has 0 aliphatic carbocycles. The first-order valence-electron chi connectivity index (χ1n) is 7.79. The third-order valence-electron chi connectivity index (χ3n) is 4.32. The summed E-state index contributed by atoms with van der Waals surface area (Å²) in [4.78, 5) is 12.5. The highest BCUT2D eigenvalue weighted by molar-refractivity contribution is 5.95. The highest BCUT2D eigenvalue weighted by atomic mass is 16.5. The minimum absolute atomic E-state index is 0.414. The highest BCUT2D eigenvalue weighted by Crippen LogP contribution is 2.33. The molecule has 2 heterocycles. The number of fused-ring (bicyclic) bond motifs is 2. The first kappa shape index (κ1) is 15.3. The Hall–Kier alpha value is -3.21. The first-order chi connectivity index (χ1) is 12.1. The lowest BCUT2D eigenvalue weighted by Gasteiger charge is -2.09. The van der Waals surface area contributed by atoms with Gasteiger partial charge in [-0.3, -0.25) is 0 Å². The van der Waals surface area contributed by atoms with Crippen LogP contribution in [0.2, 0.25) is 0 Å². The molecule has 4 rings (SSSR count). The Labute approximate surface area is 143 Å². The van der Waals surface area contributed by atoms with Crippen molar-refractivity contribution in [1.82, 2.24) is 0 Å². The van der Waals surface area contributed by atoms with Gasteiger partial charge in [-0.2, -0.15) is 0 Å². The van der Waals surface area contributed by atoms with E-state index in [-0.39, 0.29) is 0 Å². The van der Waals surface area contributed by atoms with E-state index >= 15 is 0 Å². The smallest absolute Gasteiger partial charge is 0.344 e. The number of furan rings is 1. The van der Waals surface area contributed by atoms with Crippen molar-refractivity contribution in [2.75, 3.05) is 14.2 Å². The van der Waals surface area contributed by atoms with E-state index in [1.54, 1.807) is 44.7 Å². The summed E-state index contributed by atoms with van der Waals surface area (Å²) >= 11 is 0. The molecule has 25 heavy (non-hydrogen) atoms. The molecule has 0 radical (unpaired) electrons. The molecule has 5 nitrogen and oxygen atoms in total. The van der Waals surface area contributed by atoms with E-state index in [2.05, 4.69) is 0 Å². The summed E-state index contributed by atoms with van der Waals surface area (Å²) in [5, 5.41) is 1.83. The summed E-state index contributed by atoms with van der Waals surface area (Å²) in [7, 11) is 3.13. The van der Waals surface area contributed by atoms with Crippen LogP contribution < -0.4 is 15.1 Å². The van der Waals surface area contributed by atoms with Crippen molar-refractivity contribution in [2.24, 2.45) is 0 Å². The second-order valence-electron chi connectivity index (χ2n) is 5.82. The van der Waals surface area contributed by atoms with Crippen LogP contribution in [0.1, 0.15) is 5.56 Å².